The van der Waals surface area contributed by atoms with Crippen molar-refractivity contribution in [1.29, 1.82) is 0 Å². The van der Waals surface area contributed by atoms with Gasteiger partial charge < -0.3 is 0 Å². The quantitative estimate of drug-likeness (QED) is 0.729. The van der Waals surface area contributed by atoms with Crippen molar-refractivity contribution in [2.45, 2.75) is 14.8 Å². The Labute approximate surface area is 97.0 Å². The van der Waals surface area contributed by atoms with E-state index in [2.05, 4.69) is 25.9 Å². The van der Waals surface area contributed by atoms with E-state index in [0.717, 1.165) is 5.02 Å². The molecule has 74 valence electrons. The first-order chi connectivity index (χ1) is 6.48. The van der Waals surface area contributed by atoms with Crippen molar-refractivity contribution in [2.75, 3.05) is 0 Å². The Morgan fingerprint density at radius 1 is 1.29 bits per heavy atom. The number of hydrogen-bond donors (Lipinski definition) is 0. The fourth-order valence-corrected chi connectivity index (χ4v) is 7.89. The van der Waals surface area contributed by atoms with Gasteiger partial charge in [0.25, 0.3) is 0 Å². The van der Waals surface area contributed by atoms with Crippen molar-refractivity contribution in [3.05, 3.63) is 23.5 Å². The molecule has 0 saturated carbocycles. The van der Waals surface area contributed by atoms with Crippen LogP contribution in [0.15, 0.2) is 18.5 Å². The van der Waals surface area contributed by atoms with Crippen LogP contribution in [0, 0.1) is 0 Å². The van der Waals surface area contributed by atoms with Gasteiger partial charge in [-0.3, -0.25) is 0 Å². The molecule has 0 atom stereocenters. The molecule has 2 rings (SSSR count). The first-order valence-corrected chi connectivity index (χ1v) is 15.7. The van der Waals surface area contributed by atoms with Crippen LogP contribution in [0.5, 0.6) is 0 Å². The number of fused-ring (bicyclic) bond motifs is 1. The van der Waals surface area contributed by atoms with Crippen molar-refractivity contribution < 1.29 is 0 Å². The maximum absolute atomic E-state index is 6.09. The van der Waals surface area contributed by atoms with Crippen molar-refractivity contribution in [3.63, 3.8) is 0 Å². The summed E-state index contributed by atoms with van der Waals surface area (Å²) >= 11 is 6.03. The molecule has 0 N–H and O–H groups in total. The summed E-state index contributed by atoms with van der Waals surface area (Å²) in [7, 11) is 0. The number of hydrogen-bond acceptors (Lipinski definition) is 2. The standard InChI is InChI=1S/C7H3ClNS.3CH3.Sn/c8-6-3-9-4-7-5(6)1-2-10-7;;;;/h1,3-4H;3*1H3;. The Kier molecular flexibility index (Phi) is 2.79. The molecule has 0 amide bonds. The molecule has 0 unspecified atom stereocenters. The van der Waals surface area contributed by atoms with Gasteiger partial charge in [0.05, 0.1) is 0 Å². The SMILES string of the molecule is [CH3][Sn]([CH3])([CH3])[c]1cc2c(Cl)cncc2s1. The third kappa shape index (κ3) is 1.92. The molecule has 0 aromatic carbocycles. The average Bonchev–Trinajstić information content (AvgIpc) is 2.48. The first kappa shape index (κ1) is 10.7. The predicted octanol–water partition coefficient (Wildman–Crippen LogP) is 3.49. The van der Waals surface area contributed by atoms with Gasteiger partial charge in [-0.15, -0.1) is 0 Å². The zero-order valence-corrected chi connectivity index (χ0v) is 12.9. The van der Waals surface area contributed by atoms with Crippen molar-refractivity contribution in [1.82, 2.24) is 4.98 Å². The van der Waals surface area contributed by atoms with Gasteiger partial charge >= 0.3 is 97.6 Å². The predicted molar refractivity (Wildman–Crippen MR) is 67.6 cm³/mol. The van der Waals surface area contributed by atoms with Crippen LogP contribution in [-0.2, 0) is 0 Å². The van der Waals surface area contributed by atoms with Crippen LogP contribution in [0.3, 0.4) is 0 Å². The molecule has 0 aliphatic carbocycles. The molecule has 0 fully saturated rings. The number of rotatable bonds is 1. The molecule has 0 spiro atoms. The normalized spacial score (nSPS) is 12.3. The van der Waals surface area contributed by atoms with E-state index in [-0.39, 0.29) is 0 Å². The van der Waals surface area contributed by atoms with E-state index in [4.69, 9.17) is 11.6 Å². The van der Waals surface area contributed by atoms with Gasteiger partial charge in [0, 0.05) is 0 Å². The number of thiophene rings is 1. The van der Waals surface area contributed by atoms with Crippen LogP contribution < -0.4 is 2.89 Å². The molecule has 14 heavy (non-hydrogen) atoms. The summed E-state index contributed by atoms with van der Waals surface area (Å²) in [5.41, 5.74) is 0. The number of nitrogens with zero attached hydrogens (tertiary/aromatic N) is 1. The monoisotopic (exact) mass is 333 g/mol. The molecule has 0 radical (unpaired) electrons. The summed E-state index contributed by atoms with van der Waals surface area (Å²) in [5.74, 6) is 0. The van der Waals surface area contributed by atoms with Crippen molar-refractivity contribution >= 4 is 54.3 Å². The second kappa shape index (κ2) is 3.65. The molecule has 0 bridgehead atoms. The van der Waals surface area contributed by atoms with Gasteiger partial charge in [0.2, 0.25) is 0 Å². The van der Waals surface area contributed by atoms with E-state index >= 15 is 0 Å². The van der Waals surface area contributed by atoms with Crippen LogP contribution in [0.25, 0.3) is 10.1 Å². The Hall–Kier alpha value is 0.199. The summed E-state index contributed by atoms with van der Waals surface area (Å²) in [6.45, 7) is 0. The topological polar surface area (TPSA) is 12.9 Å². The van der Waals surface area contributed by atoms with E-state index in [1.165, 1.54) is 10.1 Å². The fourth-order valence-electron chi connectivity index (χ4n) is 1.30. The van der Waals surface area contributed by atoms with Gasteiger partial charge in [-0.25, -0.2) is 0 Å². The summed E-state index contributed by atoms with van der Waals surface area (Å²) in [5, 5.41) is 1.95. The van der Waals surface area contributed by atoms with Crippen LogP contribution in [-0.4, -0.2) is 23.4 Å². The number of pyridine rings is 1. The zero-order chi connectivity index (χ0) is 10.3. The van der Waals surface area contributed by atoms with E-state index in [1.54, 1.807) is 9.09 Å². The van der Waals surface area contributed by atoms with E-state index in [9.17, 15) is 0 Å². The average molecular weight is 332 g/mol. The molecule has 2 aromatic heterocycles. The Morgan fingerprint density at radius 2 is 2.00 bits per heavy atom. The van der Waals surface area contributed by atoms with Gasteiger partial charge in [-0.05, 0) is 0 Å². The molecule has 1 nitrogen and oxygen atoms in total. The van der Waals surface area contributed by atoms with Gasteiger partial charge in [-0.1, -0.05) is 0 Å². The number of halogens is 1. The minimum absolute atomic E-state index is 0.778. The second-order valence-corrected chi connectivity index (χ2v) is 21.3. The number of aromatic nitrogens is 1. The van der Waals surface area contributed by atoms with Crippen LogP contribution in [0.2, 0.25) is 19.8 Å². The minimum atomic E-state index is -1.92. The van der Waals surface area contributed by atoms with E-state index < -0.39 is 18.4 Å². The van der Waals surface area contributed by atoms with Crippen LogP contribution in [0.1, 0.15) is 0 Å². The molecule has 0 aliphatic heterocycles. The Bertz CT molecular complexity index is 472. The zero-order valence-electron chi connectivity index (χ0n) is 8.47. The summed E-state index contributed by atoms with van der Waals surface area (Å²) < 4.78 is 2.78. The molecule has 4 heteroatoms. The maximum atomic E-state index is 6.09. The van der Waals surface area contributed by atoms with Crippen LogP contribution in [0.4, 0.5) is 0 Å². The van der Waals surface area contributed by atoms with Crippen molar-refractivity contribution in [2.24, 2.45) is 0 Å². The summed E-state index contributed by atoms with van der Waals surface area (Å²) in [6, 6.07) is 2.26. The molecule has 0 aliphatic rings. The molecule has 2 aromatic rings. The Balaban J connectivity index is 2.69. The molecule has 0 saturated heterocycles. The molecular weight excluding hydrogens is 320 g/mol. The summed E-state index contributed by atoms with van der Waals surface area (Å²) in [6.07, 6.45) is 3.63. The molecular formula is C10H12ClNSSn. The Morgan fingerprint density at radius 3 is 2.57 bits per heavy atom. The van der Waals surface area contributed by atoms with Gasteiger partial charge in [-0.2, -0.15) is 0 Å². The van der Waals surface area contributed by atoms with Crippen LogP contribution >= 0.6 is 22.9 Å². The third-order valence-corrected chi connectivity index (χ3v) is 12.9. The fraction of sp³-hybridized carbons (Fsp3) is 0.300. The third-order valence-electron chi connectivity index (χ3n) is 2.14. The summed E-state index contributed by atoms with van der Waals surface area (Å²) in [4.78, 5) is 11.4. The van der Waals surface area contributed by atoms with Gasteiger partial charge in [0.1, 0.15) is 0 Å². The van der Waals surface area contributed by atoms with E-state index in [0.29, 0.717) is 0 Å². The second-order valence-electron chi connectivity index (χ2n) is 4.39. The van der Waals surface area contributed by atoms with E-state index in [1.807, 2.05) is 17.5 Å². The van der Waals surface area contributed by atoms with Gasteiger partial charge in [0.15, 0.2) is 0 Å². The molecule has 2 heterocycles. The first-order valence-electron chi connectivity index (χ1n) is 4.52. The van der Waals surface area contributed by atoms with Crippen molar-refractivity contribution in [3.8, 4) is 0 Å².